The monoisotopic (exact) mass is 369 g/mol. The second-order valence-corrected chi connectivity index (χ2v) is 6.96. The Morgan fingerprint density at radius 2 is 2.00 bits per heavy atom. The first-order valence-corrected chi connectivity index (χ1v) is 9.46. The molecule has 1 aliphatic rings. The Labute approximate surface area is 159 Å². The summed E-state index contributed by atoms with van der Waals surface area (Å²) in [4.78, 5) is 28.9. The van der Waals surface area contributed by atoms with Crippen LogP contribution in [0.15, 0.2) is 36.4 Å². The van der Waals surface area contributed by atoms with Gasteiger partial charge in [0.25, 0.3) is 0 Å². The minimum absolute atomic E-state index is 0.0117. The van der Waals surface area contributed by atoms with Gasteiger partial charge in [-0.15, -0.1) is 0 Å². The number of hydrogen-bond donors (Lipinski definition) is 1. The molecule has 1 saturated heterocycles. The fourth-order valence-corrected chi connectivity index (χ4v) is 3.37. The predicted molar refractivity (Wildman–Crippen MR) is 105 cm³/mol. The molecule has 0 spiro atoms. The van der Waals surface area contributed by atoms with E-state index < -0.39 is 6.04 Å². The number of amides is 3. The van der Waals surface area contributed by atoms with E-state index in [0.29, 0.717) is 25.3 Å². The van der Waals surface area contributed by atoms with Crippen molar-refractivity contribution < 1.29 is 9.59 Å². The molecule has 2 heterocycles. The molecular weight excluding hydrogens is 342 g/mol. The van der Waals surface area contributed by atoms with Crippen LogP contribution in [0.4, 0.5) is 10.6 Å². The van der Waals surface area contributed by atoms with E-state index >= 15 is 0 Å². The fraction of sp³-hybridized carbons (Fsp3) is 0.450. The van der Waals surface area contributed by atoms with Gasteiger partial charge < -0.3 is 9.80 Å². The lowest BCUT2D eigenvalue weighted by molar-refractivity contribution is -0.138. The predicted octanol–water partition coefficient (Wildman–Crippen LogP) is 3.05. The zero-order chi connectivity index (χ0) is 19.4. The lowest BCUT2D eigenvalue weighted by Gasteiger charge is -2.39. The average molecular weight is 369 g/mol. The normalized spacial score (nSPS) is 17.3. The van der Waals surface area contributed by atoms with Crippen LogP contribution < -0.4 is 5.32 Å². The van der Waals surface area contributed by atoms with Crippen LogP contribution in [-0.4, -0.2) is 57.7 Å². The third kappa shape index (κ3) is 4.13. The second kappa shape index (κ2) is 8.24. The van der Waals surface area contributed by atoms with Crippen molar-refractivity contribution in [1.82, 2.24) is 19.6 Å². The van der Waals surface area contributed by atoms with Crippen molar-refractivity contribution in [3.8, 4) is 5.69 Å². The van der Waals surface area contributed by atoms with Gasteiger partial charge in [-0.25, -0.2) is 9.48 Å². The van der Waals surface area contributed by atoms with E-state index in [-0.39, 0.29) is 11.9 Å². The molecular formula is C20H27N5O2. The van der Waals surface area contributed by atoms with Gasteiger partial charge in [0, 0.05) is 26.2 Å². The zero-order valence-electron chi connectivity index (χ0n) is 16.2. The van der Waals surface area contributed by atoms with Crippen molar-refractivity contribution >= 4 is 17.8 Å². The molecule has 144 valence electrons. The largest absolute Gasteiger partial charge is 0.342 e. The topological polar surface area (TPSA) is 70.5 Å². The summed E-state index contributed by atoms with van der Waals surface area (Å²) in [6.07, 6.45) is 2.59. The van der Waals surface area contributed by atoms with E-state index in [1.807, 2.05) is 43.3 Å². The number of hydrogen-bond acceptors (Lipinski definition) is 3. The Morgan fingerprint density at radius 3 is 2.70 bits per heavy atom. The molecule has 3 amide bonds. The molecule has 27 heavy (non-hydrogen) atoms. The van der Waals surface area contributed by atoms with Crippen LogP contribution in [0.25, 0.3) is 5.69 Å². The maximum absolute atomic E-state index is 13.0. The molecule has 1 atom stereocenters. The van der Waals surface area contributed by atoms with Gasteiger partial charge in [0.05, 0.1) is 11.4 Å². The average Bonchev–Trinajstić information content (AvgIpc) is 3.03. The molecule has 1 aliphatic heterocycles. The SMILES string of the molecule is CCCCC1C(=O)N(C)CCN1C(=O)Nc1cc(C)nn1-c1ccccc1. The number of unbranched alkanes of at least 4 members (excludes halogenated alkanes) is 1. The third-order valence-corrected chi connectivity index (χ3v) is 4.87. The summed E-state index contributed by atoms with van der Waals surface area (Å²) in [6.45, 7) is 5.05. The summed E-state index contributed by atoms with van der Waals surface area (Å²) < 4.78 is 1.71. The van der Waals surface area contributed by atoms with Gasteiger partial charge in [0.15, 0.2) is 0 Å². The van der Waals surface area contributed by atoms with Crippen LogP contribution in [0, 0.1) is 6.92 Å². The van der Waals surface area contributed by atoms with Crippen molar-refractivity contribution in [2.24, 2.45) is 0 Å². The third-order valence-electron chi connectivity index (χ3n) is 4.87. The van der Waals surface area contributed by atoms with Gasteiger partial charge in [-0.05, 0) is 25.5 Å². The van der Waals surface area contributed by atoms with Gasteiger partial charge in [-0.3, -0.25) is 10.1 Å². The number of nitrogens with zero attached hydrogens (tertiary/aromatic N) is 4. The number of urea groups is 1. The number of anilines is 1. The molecule has 2 aromatic rings. The standard InChI is InChI=1S/C20H27N5O2/c1-4-5-11-17-19(26)23(3)12-13-24(17)20(27)21-18-14-15(2)22-25(18)16-9-7-6-8-10-16/h6-10,14,17H,4-5,11-13H2,1-3H3,(H,21,27). The lowest BCUT2D eigenvalue weighted by atomic mass is 10.0. The van der Waals surface area contributed by atoms with Crippen molar-refractivity contribution in [2.45, 2.75) is 39.2 Å². The van der Waals surface area contributed by atoms with Crippen LogP contribution in [0.5, 0.6) is 0 Å². The Morgan fingerprint density at radius 1 is 1.26 bits per heavy atom. The number of carbonyl (C=O) groups excluding carboxylic acids is 2. The zero-order valence-corrected chi connectivity index (χ0v) is 16.2. The molecule has 1 unspecified atom stereocenters. The molecule has 0 radical (unpaired) electrons. The van der Waals surface area contributed by atoms with Crippen molar-refractivity contribution in [3.63, 3.8) is 0 Å². The van der Waals surface area contributed by atoms with E-state index in [1.54, 1.807) is 21.5 Å². The van der Waals surface area contributed by atoms with E-state index in [1.165, 1.54) is 0 Å². The first kappa shape index (κ1) is 18.9. The summed E-state index contributed by atoms with van der Waals surface area (Å²) in [7, 11) is 1.80. The van der Waals surface area contributed by atoms with Crippen LogP contribution in [-0.2, 0) is 4.79 Å². The summed E-state index contributed by atoms with van der Waals surface area (Å²) in [5.41, 5.74) is 1.68. The first-order valence-electron chi connectivity index (χ1n) is 9.46. The van der Waals surface area contributed by atoms with E-state index in [2.05, 4.69) is 17.3 Å². The van der Waals surface area contributed by atoms with Crippen LogP contribution in [0.1, 0.15) is 31.9 Å². The quantitative estimate of drug-likeness (QED) is 0.881. The Balaban J connectivity index is 1.81. The summed E-state index contributed by atoms with van der Waals surface area (Å²) >= 11 is 0. The number of carbonyl (C=O) groups is 2. The van der Waals surface area contributed by atoms with Gasteiger partial charge >= 0.3 is 6.03 Å². The number of aryl methyl sites for hydroxylation is 1. The Hall–Kier alpha value is -2.83. The molecule has 7 heteroatoms. The second-order valence-electron chi connectivity index (χ2n) is 6.96. The highest BCUT2D eigenvalue weighted by Gasteiger charge is 2.35. The number of nitrogens with one attached hydrogen (secondary N) is 1. The number of likely N-dealkylation sites (N-methyl/N-ethyl adjacent to an activating group) is 1. The van der Waals surface area contributed by atoms with Crippen molar-refractivity contribution in [1.29, 1.82) is 0 Å². The molecule has 0 saturated carbocycles. The Kier molecular flexibility index (Phi) is 5.78. The highest BCUT2D eigenvalue weighted by molar-refractivity contribution is 5.94. The van der Waals surface area contributed by atoms with Crippen LogP contribution >= 0.6 is 0 Å². The van der Waals surface area contributed by atoms with E-state index in [4.69, 9.17) is 0 Å². The number of aromatic nitrogens is 2. The van der Waals surface area contributed by atoms with Crippen molar-refractivity contribution in [3.05, 3.63) is 42.1 Å². The first-order chi connectivity index (χ1) is 13.0. The summed E-state index contributed by atoms with van der Waals surface area (Å²) in [6, 6.07) is 10.8. The highest BCUT2D eigenvalue weighted by atomic mass is 16.2. The molecule has 1 fully saturated rings. The summed E-state index contributed by atoms with van der Waals surface area (Å²) in [5, 5.41) is 7.44. The van der Waals surface area contributed by atoms with Gasteiger partial charge in [-0.2, -0.15) is 5.10 Å². The number of benzene rings is 1. The molecule has 1 aromatic carbocycles. The smallest absolute Gasteiger partial charge is 0.323 e. The van der Waals surface area contributed by atoms with E-state index in [0.717, 1.165) is 24.2 Å². The fourth-order valence-electron chi connectivity index (χ4n) is 3.37. The molecule has 1 N–H and O–H groups in total. The molecule has 1 aromatic heterocycles. The molecule has 0 aliphatic carbocycles. The van der Waals surface area contributed by atoms with Gasteiger partial charge in [0.2, 0.25) is 5.91 Å². The number of rotatable bonds is 5. The maximum Gasteiger partial charge on any atom is 0.323 e. The van der Waals surface area contributed by atoms with Gasteiger partial charge in [-0.1, -0.05) is 38.0 Å². The van der Waals surface area contributed by atoms with E-state index in [9.17, 15) is 9.59 Å². The van der Waals surface area contributed by atoms with Crippen molar-refractivity contribution in [2.75, 3.05) is 25.5 Å². The molecule has 3 rings (SSSR count). The molecule has 0 bridgehead atoms. The molecule has 7 nitrogen and oxygen atoms in total. The minimum Gasteiger partial charge on any atom is -0.342 e. The lowest BCUT2D eigenvalue weighted by Crippen LogP contribution is -2.58. The minimum atomic E-state index is -0.405. The van der Waals surface area contributed by atoms with Crippen LogP contribution in [0.3, 0.4) is 0 Å². The Bertz CT molecular complexity index is 802. The van der Waals surface area contributed by atoms with Gasteiger partial charge in [0.1, 0.15) is 11.9 Å². The number of para-hydroxylation sites is 1. The van der Waals surface area contributed by atoms with Crippen LogP contribution in [0.2, 0.25) is 0 Å². The highest BCUT2D eigenvalue weighted by Crippen LogP contribution is 2.20. The number of piperazine rings is 1. The summed E-state index contributed by atoms with van der Waals surface area (Å²) in [5.74, 6) is 0.613. The maximum atomic E-state index is 13.0.